The van der Waals surface area contributed by atoms with Crippen molar-refractivity contribution in [2.45, 2.75) is 13.8 Å². The van der Waals surface area contributed by atoms with Crippen LogP contribution in [0.3, 0.4) is 0 Å². The Morgan fingerprint density at radius 2 is 1.94 bits per heavy atom. The molecule has 0 unspecified atom stereocenters. The van der Waals surface area contributed by atoms with Gasteiger partial charge in [-0.3, -0.25) is 0 Å². The van der Waals surface area contributed by atoms with E-state index >= 15 is 0 Å². The summed E-state index contributed by atoms with van der Waals surface area (Å²) in [7, 11) is 0. The van der Waals surface area contributed by atoms with E-state index in [9.17, 15) is 0 Å². The van der Waals surface area contributed by atoms with Crippen molar-refractivity contribution in [3.63, 3.8) is 0 Å². The smallest absolute Gasteiger partial charge is 0.325 e. The van der Waals surface area contributed by atoms with Crippen molar-refractivity contribution in [2.24, 2.45) is 0 Å². The first-order valence-electron chi connectivity index (χ1n) is 5.10. The van der Waals surface area contributed by atoms with Crippen molar-refractivity contribution in [1.82, 2.24) is 9.97 Å². The molecule has 0 saturated carbocycles. The normalized spacial score (nSPS) is 10.3. The molecule has 88 valence electrons. The van der Waals surface area contributed by atoms with Gasteiger partial charge in [0.05, 0.1) is 0 Å². The van der Waals surface area contributed by atoms with Crippen LogP contribution in [0.15, 0.2) is 28.9 Å². The van der Waals surface area contributed by atoms with Crippen molar-refractivity contribution in [2.75, 3.05) is 5.73 Å². The Morgan fingerprint density at radius 3 is 2.65 bits per heavy atom. The van der Waals surface area contributed by atoms with Gasteiger partial charge >= 0.3 is 6.01 Å². The molecule has 1 aromatic carbocycles. The number of ether oxygens (including phenoxy) is 1. The summed E-state index contributed by atoms with van der Waals surface area (Å²) >= 11 is 3.25. The maximum Gasteiger partial charge on any atom is 0.325 e. The second kappa shape index (κ2) is 4.71. The lowest BCUT2D eigenvalue weighted by atomic mass is 10.1. The third-order valence-electron chi connectivity index (χ3n) is 2.24. The number of nitrogens with two attached hydrogens (primary N) is 1. The molecule has 0 spiro atoms. The molecule has 0 saturated heterocycles. The molecule has 2 rings (SSSR count). The first-order valence-corrected chi connectivity index (χ1v) is 5.89. The lowest BCUT2D eigenvalue weighted by Crippen LogP contribution is -1.98. The highest BCUT2D eigenvalue weighted by Gasteiger charge is 2.06. The molecule has 2 N–H and O–H groups in total. The maximum atomic E-state index is 5.62. The van der Waals surface area contributed by atoms with Crippen LogP contribution in [0.1, 0.15) is 11.1 Å². The van der Waals surface area contributed by atoms with Crippen molar-refractivity contribution in [1.29, 1.82) is 0 Å². The van der Waals surface area contributed by atoms with Crippen molar-refractivity contribution in [3.8, 4) is 11.8 Å². The van der Waals surface area contributed by atoms with E-state index in [2.05, 4.69) is 25.9 Å². The largest absolute Gasteiger partial charge is 0.424 e. The first kappa shape index (κ1) is 11.9. The van der Waals surface area contributed by atoms with Gasteiger partial charge in [-0.25, -0.2) is 0 Å². The molecular weight excluding hydrogens is 282 g/mol. The Kier molecular flexibility index (Phi) is 3.28. The highest BCUT2D eigenvalue weighted by Crippen LogP contribution is 2.25. The van der Waals surface area contributed by atoms with Gasteiger partial charge in [-0.2, -0.15) is 9.97 Å². The van der Waals surface area contributed by atoms with Crippen LogP contribution < -0.4 is 10.5 Å². The van der Waals surface area contributed by atoms with Crippen LogP contribution in [0, 0.1) is 13.8 Å². The van der Waals surface area contributed by atoms with Gasteiger partial charge < -0.3 is 10.5 Å². The average molecular weight is 294 g/mol. The van der Waals surface area contributed by atoms with Crippen LogP contribution in [-0.4, -0.2) is 9.97 Å². The molecule has 0 atom stereocenters. The molecule has 0 radical (unpaired) electrons. The van der Waals surface area contributed by atoms with Gasteiger partial charge in [0.25, 0.3) is 0 Å². The van der Waals surface area contributed by atoms with Crippen LogP contribution in [0.5, 0.6) is 11.8 Å². The highest BCUT2D eigenvalue weighted by molar-refractivity contribution is 9.10. The van der Waals surface area contributed by atoms with Gasteiger partial charge in [0.1, 0.15) is 16.2 Å². The molecule has 5 heteroatoms. The minimum absolute atomic E-state index is 0.241. The topological polar surface area (TPSA) is 61.0 Å². The van der Waals surface area contributed by atoms with Gasteiger partial charge in [0.2, 0.25) is 0 Å². The number of nitrogen functional groups attached to an aromatic ring is 1. The zero-order chi connectivity index (χ0) is 12.4. The summed E-state index contributed by atoms with van der Waals surface area (Å²) in [5, 5.41) is 0. The molecule has 0 aliphatic carbocycles. The fourth-order valence-corrected chi connectivity index (χ4v) is 1.76. The van der Waals surface area contributed by atoms with E-state index in [-0.39, 0.29) is 6.01 Å². The molecule has 1 heterocycles. The van der Waals surface area contributed by atoms with E-state index in [4.69, 9.17) is 10.5 Å². The number of aromatic nitrogens is 2. The first-order chi connectivity index (χ1) is 8.04. The lowest BCUT2D eigenvalue weighted by molar-refractivity contribution is 0.438. The second-order valence-electron chi connectivity index (χ2n) is 3.77. The van der Waals surface area contributed by atoms with Crippen LogP contribution in [0.4, 0.5) is 5.82 Å². The molecule has 0 bridgehead atoms. The predicted molar refractivity (Wildman–Crippen MR) is 70.1 cm³/mol. The van der Waals surface area contributed by atoms with Gasteiger partial charge in [-0.15, -0.1) is 0 Å². The Hall–Kier alpha value is -1.62. The number of hydrogen-bond donors (Lipinski definition) is 1. The second-order valence-corrected chi connectivity index (χ2v) is 4.58. The summed E-state index contributed by atoms with van der Waals surface area (Å²) in [5.74, 6) is 1.11. The fourth-order valence-electron chi connectivity index (χ4n) is 1.37. The summed E-state index contributed by atoms with van der Waals surface area (Å²) in [5.41, 5.74) is 7.76. The molecule has 17 heavy (non-hydrogen) atoms. The van der Waals surface area contributed by atoms with Crippen LogP contribution in [-0.2, 0) is 0 Å². The van der Waals surface area contributed by atoms with E-state index < -0.39 is 0 Å². The molecule has 2 aromatic rings. The van der Waals surface area contributed by atoms with Crippen LogP contribution >= 0.6 is 15.9 Å². The molecule has 1 aromatic heterocycles. The van der Waals surface area contributed by atoms with Gasteiger partial charge in [0, 0.05) is 6.07 Å². The van der Waals surface area contributed by atoms with Crippen LogP contribution in [0.2, 0.25) is 0 Å². The van der Waals surface area contributed by atoms with E-state index in [1.54, 1.807) is 6.07 Å². The standard InChI is InChI=1S/C12H12BrN3O/c1-7-3-4-8(2)9(5-7)17-12-15-10(13)6-11(14)16-12/h3-6H,1-2H3,(H2,14,15,16). The maximum absolute atomic E-state index is 5.62. The zero-order valence-corrected chi connectivity index (χ0v) is 11.2. The number of anilines is 1. The summed E-state index contributed by atoms with van der Waals surface area (Å²) in [4.78, 5) is 8.12. The van der Waals surface area contributed by atoms with Gasteiger partial charge in [-0.1, -0.05) is 12.1 Å². The molecule has 0 aliphatic rings. The minimum Gasteiger partial charge on any atom is -0.424 e. The number of hydrogen-bond acceptors (Lipinski definition) is 4. The van der Waals surface area contributed by atoms with E-state index in [1.807, 2.05) is 32.0 Å². The Morgan fingerprint density at radius 1 is 1.18 bits per heavy atom. The average Bonchev–Trinajstić information content (AvgIpc) is 2.22. The Balaban J connectivity index is 2.34. The number of benzene rings is 1. The monoisotopic (exact) mass is 293 g/mol. The molecule has 0 amide bonds. The third-order valence-corrected chi connectivity index (χ3v) is 2.65. The molecule has 4 nitrogen and oxygen atoms in total. The molecular formula is C12H12BrN3O. The number of nitrogens with zero attached hydrogens (tertiary/aromatic N) is 2. The van der Waals surface area contributed by atoms with Crippen molar-refractivity contribution < 1.29 is 4.74 Å². The van der Waals surface area contributed by atoms with Gasteiger partial charge in [0.15, 0.2) is 0 Å². The Labute approximate surface area is 108 Å². The summed E-state index contributed by atoms with van der Waals surface area (Å²) in [6.45, 7) is 3.97. The summed E-state index contributed by atoms with van der Waals surface area (Å²) in [6.07, 6.45) is 0. The highest BCUT2D eigenvalue weighted by atomic mass is 79.9. The van der Waals surface area contributed by atoms with Crippen molar-refractivity contribution >= 4 is 21.7 Å². The SMILES string of the molecule is Cc1ccc(C)c(Oc2nc(N)cc(Br)n2)c1. The number of halogens is 1. The van der Waals surface area contributed by atoms with E-state index in [0.29, 0.717) is 10.4 Å². The fraction of sp³-hybridized carbons (Fsp3) is 0.167. The molecule has 0 aliphatic heterocycles. The minimum atomic E-state index is 0.241. The lowest BCUT2D eigenvalue weighted by Gasteiger charge is -2.08. The van der Waals surface area contributed by atoms with Crippen LogP contribution in [0.25, 0.3) is 0 Å². The molecule has 0 fully saturated rings. The zero-order valence-electron chi connectivity index (χ0n) is 9.57. The van der Waals surface area contributed by atoms with Gasteiger partial charge in [-0.05, 0) is 47.0 Å². The summed E-state index contributed by atoms with van der Waals surface area (Å²) in [6, 6.07) is 7.82. The number of rotatable bonds is 2. The summed E-state index contributed by atoms with van der Waals surface area (Å²) < 4.78 is 6.22. The van der Waals surface area contributed by atoms with Crippen molar-refractivity contribution in [3.05, 3.63) is 40.0 Å². The Bertz CT molecular complexity index is 537. The van der Waals surface area contributed by atoms with E-state index in [1.165, 1.54) is 0 Å². The van der Waals surface area contributed by atoms with E-state index in [0.717, 1.165) is 16.9 Å². The third kappa shape index (κ3) is 2.94. The quantitative estimate of drug-likeness (QED) is 0.864. The predicted octanol–water partition coefficient (Wildman–Crippen LogP) is 3.23. The number of aryl methyl sites for hydroxylation is 2.